The summed E-state index contributed by atoms with van der Waals surface area (Å²) < 4.78 is 65.0. The second-order valence-corrected chi connectivity index (χ2v) is 11.0. The molecule has 3 aromatic carbocycles. The lowest BCUT2D eigenvalue weighted by Crippen LogP contribution is -2.06. The first kappa shape index (κ1) is 25.5. The molecule has 0 aromatic heterocycles. The van der Waals surface area contributed by atoms with E-state index in [-0.39, 0.29) is 9.80 Å². The van der Waals surface area contributed by atoms with Gasteiger partial charge < -0.3 is 0 Å². The van der Waals surface area contributed by atoms with E-state index in [4.69, 9.17) is 0 Å². The Balaban J connectivity index is 1.47. The monoisotopic (exact) mass is 520 g/mol. The number of hydrogen-bond donors (Lipinski definition) is 2. The summed E-state index contributed by atoms with van der Waals surface area (Å²) in [7, 11) is -8.56. The van der Waals surface area contributed by atoms with E-state index in [1.54, 1.807) is 48.6 Å². The summed E-state index contributed by atoms with van der Waals surface area (Å²) in [5.41, 5.74) is 4.62. The van der Waals surface area contributed by atoms with Gasteiger partial charge in [0.2, 0.25) is 0 Å². The molecular weight excluding hydrogens is 496 g/mol. The molecular formula is C28H24O6S2. The van der Waals surface area contributed by atoms with E-state index in [0.29, 0.717) is 17.6 Å². The average molecular weight is 521 g/mol. The van der Waals surface area contributed by atoms with Crippen LogP contribution in [0.3, 0.4) is 0 Å². The first-order chi connectivity index (χ1) is 17.1. The molecule has 6 nitrogen and oxygen atoms in total. The zero-order valence-corrected chi connectivity index (χ0v) is 20.8. The Kier molecular flexibility index (Phi) is 7.51. The van der Waals surface area contributed by atoms with E-state index < -0.39 is 20.2 Å². The number of rotatable bonds is 7. The zero-order valence-electron chi connectivity index (χ0n) is 19.2. The molecule has 0 amide bonds. The van der Waals surface area contributed by atoms with Gasteiger partial charge in [-0.15, -0.1) is 0 Å². The molecule has 3 aromatic rings. The van der Waals surface area contributed by atoms with Gasteiger partial charge >= 0.3 is 0 Å². The van der Waals surface area contributed by atoms with Gasteiger partial charge in [0.05, 0.1) is 4.91 Å². The molecule has 0 bridgehead atoms. The van der Waals surface area contributed by atoms with Crippen LogP contribution in [-0.2, 0) is 20.2 Å². The molecule has 0 radical (unpaired) electrons. The Hall–Kier alpha value is -3.56. The average Bonchev–Trinajstić information content (AvgIpc) is 2.86. The van der Waals surface area contributed by atoms with Crippen LogP contribution in [0.25, 0.3) is 29.4 Å². The standard InChI is InChI=1S/C28H24O6S2/c29-35(30,31)27-7-3-1-5-25(27)19-13-21-9-15-23(16-10-21)24-17-11-22(12-18-24)14-20-26-6-2-4-8-28(26)36(32,33)34/h1,3,5-20H,2,4H2,(H,29,30,31)(H,32,33,34)/b19-13+,20-14-. The maximum Gasteiger partial charge on any atom is 0.295 e. The summed E-state index contributed by atoms with van der Waals surface area (Å²) >= 11 is 0. The first-order valence-electron chi connectivity index (χ1n) is 11.1. The fourth-order valence-corrected chi connectivity index (χ4v) is 5.34. The fourth-order valence-electron chi connectivity index (χ4n) is 3.87. The van der Waals surface area contributed by atoms with Gasteiger partial charge in [-0.1, -0.05) is 103 Å². The van der Waals surface area contributed by atoms with Crippen LogP contribution in [0.15, 0.2) is 106 Å². The minimum atomic E-state index is -4.30. The Bertz CT molecular complexity index is 1590. The maximum absolute atomic E-state index is 11.6. The van der Waals surface area contributed by atoms with E-state index in [1.165, 1.54) is 12.1 Å². The molecule has 0 unspecified atom stereocenters. The van der Waals surface area contributed by atoms with Gasteiger partial charge in [0.25, 0.3) is 20.2 Å². The van der Waals surface area contributed by atoms with Crippen LogP contribution in [0.2, 0.25) is 0 Å². The van der Waals surface area contributed by atoms with Crippen molar-refractivity contribution in [2.24, 2.45) is 0 Å². The van der Waals surface area contributed by atoms with Crippen LogP contribution >= 0.6 is 0 Å². The summed E-state index contributed by atoms with van der Waals surface area (Å²) in [6.07, 6.45) is 11.5. The summed E-state index contributed by atoms with van der Waals surface area (Å²) in [6, 6.07) is 21.7. The molecule has 0 saturated heterocycles. The molecule has 4 rings (SSSR count). The quantitative estimate of drug-likeness (QED) is 0.280. The van der Waals surface area contributed by atoms with Crippen LogP contribution in [0.1, 0.15) is 29.5 Å². The topological polar surface area (TPSA) is 109 Å². The van der Waals surface area contributed by atoms with E-state index in [2.05, 4.69) is 0 Å². The summed E-state index contributed by atoms with van der Waals surface area (Å²) in [5.74, 6) is 0. The summed E-state index contributed by atoms with van der Waals surface area (Å²) in [4.78, 5) is -0.200. The van der Waals surface area contributed by atoms with Crippen molar-refractivity contribution >= 4 is 38.5 Å². The summed E-state index contributed by atoms with van der Waals surface area (Å²) in [6.45, 7) is 0. The predicted octanol–water partition coefficient (Wildman–Crippen LogP) is 6.28. The molecule has 1 aliphatic rings. The second-order valence-electron chi connectivity index (χ2n) is 8.20. The molecule has 1 aliphatic carbocycles. The van der Waals surface area contributed by atoms with Crippen LogP contribution in [0.5, 0.6) is 0 Å². The molecule has 8 heteroatoms. The normalized spacial score (nSPS) is 14.7. The molecule has 36 heavy (non-hydrogen) atoms. The van der Waals surface area contributed by atoms with Crippen LogP contribution in [0, 0.1) is 0 Å². The van der Waals surface area contributed by atoms with Gasteiger partial charge in [0, 0.05) is 0 Å². The SMILES string of the molecule is O=S(=O)(O)C1=CCCC=C1/C=C\c1ccc(-c2ccc(/C=C/c3ccccc3S(=O)(=O)O)cc2)cc1. The molecule has 0 aliphatic heterocycles. The third-order valence-corrected chi connectivity index (χ3v) is 7.57. The van der Waals surface area contributed by atoms with Gasteiger partial charge in [-0.3, -0.25) is 9.11 Å². The molecule has 0 fully saturated rings. The molecule has 184 valence electrons. The number of hydrogen-bond acceptors (Lipinski definition) is 4. The highest BCUT2D eigenvalue weighted by Gasteiger charge is 2.18. The third kappa shape index (κ3) is 6.35. The van der Waals surface area contributed by atoms with E-state index >= 15 is 0 Å². The minimum absolute atomic E-state index is 0.0581. The third-order valence-electron chi connectivity index (χ3n) is 5.69. The van der Waals surface area contributed by atoms with Gasteiger partial charge in [-0.2, -0.15) is 16.8 Å². The number of allylic oxidation sites excluding steroid dienone is 4. The zero-order chi connectivity index (χ0) is 25.8. The molecule has 0 spiro atoms. The highest BCUT2D eigenvalue weighted by atomic mass is 32.2. The highest BCUT2D eigenvalue weighted by molar-refractivity contribution is 7.90. The Morgan fingerprint density at radius 1 is 0.583 bits per heavy atom. The van der Waals surface area contributed by atoms with Gasteiger partial charge in [0.1, 0.15) is 4.90 Å². The van der Waals surface area contributed by atoms with Crippen LogP contribution < -0.4 is 0 Å². The maximum atomic E-state index is 11.6. The minimum Gasteiger partial charge on any atom is -0.282 e. The molecule has 0 saturated carbocycles. The highest BCUT2D eigenvalue weighted by Crippen LogP contribution is 2.26. The predicted molar refractivity (Wildman–Crippen MR) is 143 cm³/mol. The Labute approximate surface area is 211 Å². The lowest BCUT2D eigenvalue weighted by atomic mass is 10.0. The Morgan fingerprint density at radius 2 is 1.11 bits per heavy atom. The largest absolute Gasteiger partial charge is 0.295 e. The van der Waals surface area contributed by atoms with Crippen molar-refractivity contribution in [3.05, 3.63) is 118 Å². The van der Waals surface area contributed by atoms with Gasteiger partial charge in [0.15, 0.2) is 0 Å². The van der Waals surface area contributed by atoms with Crippen LogP contribution in [-0.4, -0.2) is 25.9 Å². The smallest absolute Gasteiger partial charge is 0.282 e. The van der Waals surface area contributed by atoms with E-state index in [0.717, 1.165) is 28.7 Å². The lowest BCUT2D eigenvalue weighted by molar-refractivity contribution is 0.482. The van der Waals surface area contributed by atoms with E-state index in [9.17, 15) is 25.9 Å². The molecule has 0 heterocycles. The van der Waals surface area contributed by atoms with Gasteiger partial charge in [-0.05, 0) is 52.3 Å². The van der Waals surface area contributed by atoms with Crippen molar-refractivity contribution in [3.8, 4) is 11.1 Å². The second kappa shape index (κ2) is 10.6. The molecule has 2 N–H and O–H groups in total. The summed E-state index contributed by atoms with van der Waals surface area (Å²) in [5, 5.41) is 0. The van der Waals surface area contributed by atoms with Crippen molar-refractivity contribution in [1.82, 2.24) is 0 Å². The molecule has 0 atom stereocenters. The fraction of sp³-hybridized carbons (Fsp3) is 0.0714. The van der Waals surface area contributed by atoms with Crippen molar-refractivity contribution in [1.29, 1.82) is 0 Å². The Morgan fingerprint density at radius 3 is 1.67 bits per heavy atom. The lowest BCUT2D eigenvalue weighted by Gasteiger charge is -2.10. The van der Waals surface area contributed by atoms with Crippen molar-refractivity contribution in [2.45, 2.75) is 17.7 Å². The van der Waals surface area contributed by atoms with E-state index in [1.807, 2.05) is 48.5 Å². The van der Waals surface area contributed by atoms with Crippen molar-refractivity contribution in [3.63, 3.8) is 0 Å². The van der Waals surface area contributed by atoms with Crippen molar-refractivity contribution in [2.75, 3.05) is 0 Å². The van der Waals surface area contributed by atoms with Gasteiger partial charge in [-0.25, -0.2) is 0 Å². The van der Waals surface area contributed by atoms with Crippen molar-refractivity contribution < 1.29 is 25.9 Å². The number of benzene rings is 3. The van der Waals surface area contributed by atoms with Crippen LogP contribution in [0.4, 0.5) is 0 Å². The first-order valence-corrected chi connectivity index (χ1v) is 14.0.